The normalized spacial score (nSPS) is 33.2. The van der Waals surface area contributed by atoms with Crippen LogP contribution in [0, 0.1) is 5.92 Å². The van der Waals surface area contributed by atoms with Gasteiger partial charge in [-0.1, -0.05) is 0 Å². The zero-order valence-corrected chi connectivity index (χ0v) is 13.3. The second kappa shape index (κ2) is 6.27. The molecule has 0 aliphatic carbocycles. The van der Waals surface area contributed by atoms with Gasteiger partial charge in [0, 0.05) is 26.2 Å². The molecule has 0 amide bonds. The lowest BCUT2D eigenvalue weighted by Gasteiger charge is -2.39. The molecule has 2 aliphatic rings. The standard InChI is InChI=1S/C13H26N2O4S/c1-10-8-15(9-11(2)19-10)20(17,18)14-6-4-13(5-7-14)12(3)16/h10-13,16H,4-9H2,1-3H3. The molecule has 2 rings (SSSR count). The number of rotatable bonds is 3. The number of aliphatic hydroxyl groups is 1. The largest absolute Gasteiger partial charge is 0.393 e. The van der Waals surface area contributed by atoms with Crippen molar-refractivity contribution in [3.8, 4) is 0 Å². The van der Waals surface area contributed by atoms with E-state index in [0.29, 0.717) is 26.2 Å². The predicted molar refractivity (Wildman–Crippen MR) is 76.5 cm³/mol. The van der Waals surface area contributed by atoms with Gasteiger partial charge in [-0.15, -0.1) is 0 Å². The van der Waals surface area contributed by atoms with Crippen molar-refractivity contribution in [3.63, 3.8) is 0 Å². The SMILES string of the molecule is CC1CN(S(=O)(=O)N2CCC(C(C)O)CC2)CC(C)O1. The van der Waals surface area contributed by atoms with E-state index in [9.17, 15) is 13.5 Å². The summed E-state index contributed by atoms with van der Waals surface area (Å²) in [5.41, 5.74) is 0. The monoisotopic (exact) mass is 306 g/mol. The van der Waals surface area contributed by atoms with Crippen molar-refractivity contribution in [2.75, 3.05) is 26.2 Å². The first-order valence-corrected chi connectivity index (χ1v) is 8.79. The number of hydrogen-bond donors (Lipinski definition) is 1. The lowest BCUT2D eigenvalue weighted by atomic mass is 9.93. The molecule has 2 saturated heterocycles. The molecule has 20 heavy (non-hydrogen) atoms. The van der Waals surface area contributed by atoms with Crippen LogP contribution in [0.2, 0.25) is 0 Å². The summed E-state index contributed by atoms with van der Waals surface area (Å²) in [6.07, 6.45) is 0.967. The summed E-state index contributed by atoms with van der Waals surface area (Å²) < 4.78 is 34.0. The molecule has 0 radical (unpaired) electrons. The number of morpholine rings is 1. The summed E-state index contributed by atoms with van der Waals surface area (Å²) in [4.78, 5) is 0. The van der Waals surface area contributed by atoms with Crippen molar-refractivity contribution in [3.05, 3.63) is 0 Å². The second-order valence-electron chi connectivity index (χ2n) is 6.06. The fourth-order valence-corrected chi connectivity index (χ4v) is 4.87. The Balaban J connectivity index is 2.00. The maximum atomic E-state index is 12.6. The van der Waals surface area contributed by atoms with Gasteiger partial charge in [-0.2, -0.15) is 17.0 Å². The lowest BCUT2D eigenvalue weighted by molar-refractivity contribution is -0.0458. The number of nitrogens with zero attached hydrogens (tertiary/aromatic N) is 2. The molecule has 0 saturated carbocycles. The van der Waals surface area contributed by atoms with Crippen molar-refractivity contribution >= 4 is 10.2 Å². The molecule has 0 aromatic heterocycles. The summed E-state index contributed by atoms with van der Waals surface area (Å²) >= 11 is 0. The van der Waals surface area contributed by atoms with Crippen molar-refractivity contribution in [2.45, 2.75) is 51.9 Å². The Bertz CT molecular complexity index is 408. The highest BCUT2D eigenvalue weighted by molar-refractivity contribution is 7.86. The van der Waals surface area contributed by atoms with E-state index in [1.165, 1.54) is 4.31 Å². The third-order valence-corrected chi connectivity index (χ3v) is 6.19. The highest BCUT2D eigenvalue weighted by Crippen LogP contribution is 2.25. The summed E-state index contributed by atoms with van der Waals surface area (Å²) in [5.74, 6) is 0.212. The minimum absolute atomic E-state index is 0.0662. The maximum absolute atomic E-state index is 12.6. The van der Waals surface area contributed by atoms with Crippen LogP contribution in [0.15, 0.2) is 0 Å². The number of hydrogen-bond acceptors (Lipinski definition) is 4. The van der Waals surface area contributed by atoms with Gasteiger partial charge < -0.3 is 9.84 Å². The van der Waals surface area contributed by atoms with E-state index < -0.39 is 10.2 Å². The average molecular weight is 306 g/mol. The van der Waals surface area contributed by atoms with E-state index in [2.05, 4.69) is 0 Å². The molecule has 2 fully saturated rings. The maximum Gasteiger partial charge on any atom is 0.282 e. The van der Waals surface area contributed by atoms with E-state index in [-0.39, 0.29) is 24.2 Å². The molecule has 2 aliphatic heterocycles. The van der Waals surface area contributed by atoms with Crippen LogP contribution in [-0.4, -0.2) is 66.6 Å². The van der Waals surface area contributed by atoms with Gasteiger partial charge in [0.05, 0.1) is 18.3 Å². The number of ether oxygens (including phenoxy) is 1. The first-order valence-electron chi connectivity index (χ1n) is 7.39. The molecule has 0 spiro atoms. The molecule has 3 unspecified atom stereocenters. The topological polar surface area (TPSA) is 70.1 Å². The molecule has 0 aromatic rings. The van der Waals surface area contributed by atoms with E-state index in [1.54, 1.807) is 11.2 Å². The molecular weight excluding hydrogens is 280 g/mol. The highest BCUT2D eigenvalue weighted by Gasteiger charge is 2.37. The Labute approximate surface area is 121 Å². The van der Waals surface area contributed by atoms with Gasteiger partial charge in [0.15, 0.2) is 0 Å². The van der Waals surface area contributed by atoms with Gasteiger partial charge in [-0.05, 0) is 39.5 Å². The van der Waals surface area contributed by atoms with Crippen LogP contribution in [0.5, 0.6) is 0 Å². The molecule has 7 heteroatoms. The summed E-state index contributed by atoms with van der Waals surface area (Å²) in [5, 5.41) is 9.59. The first-order chi connectivity index (χ1) is 9.30. The van der Waals surface area contributed by atoms with Gasteiger partial charge in [0.25, 0.3) is 10.2 Å². The highest BCUT2D eigenvalue weighted by atomic mass is 32.2. The fourth-order valence-electron chi connectivity index (χ4n) is 3.07. The molecule has 118 valence electrons. The molecule has 1 N–H and O–H groups in total. The van der Waals surface area contributed by atoms with Gasteiger partial charge in [-0.3, -0.25) is 0 Å². The van der Waals surface area contributed by atoms with Gasteiger partial charge in [-0.25, -0.2) is 0 Å². The molecule has 0 bridgehead atoms. The average Bonchev–Trinajstić information content (AvgIpc) is 2.37. The Kier molecular flexibility index (Phi) is 5.07. The van der Waals surface area contributed by atoms with Crippen molar-refractivity contribution in [1.82, 2.24) is 8.61 Å². The predicted octanol–water partition coefficient (Wildman–Crippen LogP) is 0.433. The van der Waals surface area contributed by atoms with Crippen LogP contribution >= 0.6 is 0 Å². The number of piperidine rings is 1. The zero-order chi connectivity index (χ0) is 14.9. The van der Waals surface area contributed by atoms with Crippen LogP contribution in [0.25, 0.3) is 0 Å². The van der Waals surface area contributed by atoms with Crippen molar-refractivity contribution in [2.24, 2.45) is 5.92 Å². The molecule has 6 nitrogen and oxygen atoms in total. The summed E-state index contributed by atoms with van der Waals surface area (Å²) in [6.45, 7) is 7.41. The molecule has 2 heterocycles. The van der Waals surface area contributed by atoms with Gasteiger partial charge >= 0.3 is 0 Å². The van der Waals surface area contributed by atoms with Crippen molar-refractivity contribution < 1.29 is 18.3 Å². The van der Waals surface area contributed by atoms with Crippen LogP contribution in [-0.2, 0) is 14.9 Å². The van der Waals surface area contributed by atoms with Crippen LogP contribution in [0.1, 0.15) is 33.6 Å². The lowest BCUT2D eigenvalue weighted by Crippen LogP contribution is -2.54. The van der Waals surface area contributed by atoms with Gasteiger partial charge in [0.1, 0.15) is 0 Å². The molecular formula is C13H26N2O4S. The van der Waals surface area contributed by atoms with Crippen LogP contribution in [0.4, 0.5) is 0 Å². The van der Waals surface area contributed by atoms with E-state index in [4.69, 9.17) is 4.74 Å². The van der Waals surface area contributed by atoms with Crippen LogP contribution < -0.4 is 0 Å². The second-order valence-corrected chi connectivity index (χ2v) is 7.99. The Morgan fingerprint density at radius 1 is 1.10 bits per heavy atom. The first kappa shape index (κ1) is 16.2. The summed E-state index contributed by atoms with van der Waals surface area (Å²) in [6, 6.07) is 0. The third kappa shape index (κ3) is 3.51. The van der Waals surface area contributed by atoms with Gasteiger partial charge in [0.2, 0.25) is 0 Å². The minimum Gasteiger partial charge on any atom is -0.393 e. The Hall–Kier alpha value is -0.210. The smallest absolute Gasteiger partial charge is 0.282 e. The Morgan fingerprint density at radius 3 is 2.05 bits per heavy atom. The molecule has 0 aromatic carbocycles. The summed E-state index contributed by atoms with van der Waals surface area (Å²) in [7, 11) is -3.40. The van der Waals surface area contributed by atoms with E-state index >= 15 is 0 Å². The zero-order valence-electron chi connectivity index (χ0n) is 12.5. The molecule has 3 atom stereocenters. The van der Waals surface area contributed by atoms with Crippen molar-refractivity contribution in [1.29, 1.82) is 0 Å². The quantitative estimate of drug-likeness (QED) is 0.821. The third-order valence-electron chi connectivity index (χ3n) is 4.22. The number of aliphatic hydroxyl groups excluding tert-OH is 1. The fraction of sp³-hybridized carbons (Fsp3) is 1.00. The minimum atomic E-state index is -3.40. The Morgan fingerprint density at radius 2 is 1.60 bits per heavy atom. The van der Waals surface area contributed by atoms with E-state index in [0.717, 1.165) is 12.8 Å². The van der Waals surface area contributed by atoms with Crippen LogP contribution in [0.3, 0.4) is 0 Å². The van der Waals surface area contributed by atoms with E-state index in [1.807, 2.05) is 13.8 Å².